The van der Waals surface area contributed by atoms with Crippen molar-refractivity contribution in [2.24, 2.45) is 11.8 Å². The first-order chi connectivity index (χ1) is 10.6. The summed E-state index contributed by atoms with van der Waals surface area (Å²) in [7, 11) is 0. The molecule has 112 valence electrons. The fourth-order valence-electron chi connectivity index (χ4n) is 3.49. The van der Waals surface area contributed by atoms with Gasteiger partial charge in [-0.3, -0.25) is 9.59 Å². The third-order valence-electron chi connectivity index (χ3n) is 4.44. The average Bonchev–Trinajstić information content (AvgIpc) is 2.47. The van der Waals surface area contributed by atoms with Crippen molar-refractivity contribution in [3.8, 4) is 0 Å². The molecule has 0 aromatic heterocycles. The third kappa shape index (κ3) is 2.57. The number of rotatable bonds is 4. The number of hydrogen-bond donors (Lipinski definition) is 0. The van der Waals surface area contributed by atoms with Gasteiger partial charge in [0.25, 0.3) is 0 Å². The molecule has 22 heavy (non-hydrogen) atoms. The van der Waals surface area contributed by atoms with E-state index in [1.165, 1.54) is 0 Å². The van der Waals surface area contributed by atoms with Crippen LogP contribution in [0.2, 0.25) is 0 Å². The lowest BCUT2D eigenvalue weighted by Crippen LogP contribution is -2.48. The quantitative estimate of drug-likeness (QED) is 0.781. The summed E-state index contributed by atoms with van der Waals surface area (Å²) in [6, 6.07) is 19.0. The van der Waals surface area contributed by atoms with Crippen LogP contribution in [0.5, 0.6) is 0 Å². The molecule has 1 saturated carbocycles. The zero-order valence-electron chi connectivity index (χ0n) is 11.7. The Morgan fingerprint density at radius 3 is 1.23 bits per heavy atom. The second-order valence-corrected chi connectivity index (χ2v) is 6.28. The highest BCUT2D eigenvalue weighted by atomic mass is 35.5. The van der Waals surface area contributed by atoms with Crippen LogP contribution in [-0.4, -0.2) is 10.5 Å². The van der Waals surface area contributed by atoms with Gasteiger partial charge in [0.1, 0.15) is 0 Å². The molecule has 0 unspecified atom stereocenters. The van der Waals surface area contributed by atoms with Crippen LogP contribution in [0.25, 0.3) is 0 Å². The molecule has 2 nitrogen and oxygen atoms in total. The van der Waals surface area contributed by atoms with E-state index in [2.05, 4.69) is 0 Å². The maximum atomic E-state index is 12.0. The zero-order valence-corrected chi connectivity index (χ0v) is 13.2. The molecular formula is C18H14Cl2O2. The lowest BCUT2D eigenvalue weighted by Gasteiger charge is -2.49. The van der Waals surface area contributed by atoms with Crippen molar-refractivity contribution in [1.29, 1.82) is 0 Å². The van der Waals surface area contributed by atoms with Gasteiger partial charge in [0.15, 0.2) is 0 Å². The maximum Gasteiger partial charge on any atom is 0.225 e. The standard InChI is InChI=1S/C18H14Cl2O2/c19-17(21)15-13(11-7-3-1-4-8-11)16(18(20)22)14(15)12-9-5-2-6-10-12/h1-10,13-16H/t13-,14-,15-,16-. The molecule has 1 aliphatic rings. The van der Waals surface area contributed by atoms with Crippen LogP contribution in [0.15, 0.2) is 60.7 Å². The molecule has 4 heteroatoms. The molecule has 0 amide bonds. The van der Waals surface area contributed by atoms with Crippen LogP contribution < -0.4 is 0 Å². The Morgan fingerprint density at radius 1 is 0.636 bits per heavy atom. The molecular weight excluding hydrogens is 319 g/mol. The summed E-state index contributed by atoms with van der Waals surface area (Å²) in [5, 5.41) is -0.839. The minimum atomic E-state index is -0.431. The fraction of sp³-hybridized carbons (Fsp3) is 0.222. The van der Waals surface area contributed by atoms with Crippen molar-refractivity contribution >= 4 is 33.7 Å². The van der Waals surface area contributed by atoms with Crippen molar-refractivity contribution in [2.75, 3.05) is 0 Å². The number of carbonyl (C=O) groups is 2. The minimum Gasteiger partial charge on any atom is -0.281 e. The Kier molecular flexibility index (Phi) is 4.32. The van der Waals surface area contributed by atoms with Gasteiger partial charge in [-0.25, -0.2) is 0 Å². The molecule has 3 rings (SSSR count). The zero-order chi connectivity index (χ0) is 15.7. The normalized spacial score (nSPS) is 27.0. The van der Waals surface area contributed by atoms with Gasteiger partial charge in [0.05, 0.1) is 0 Å². The molecule has 0 radical (unpaired) electrons. The van der Waals surface area contributed by atoms with Gasteiger partial charge in [-0.1, -0.05) is 60.7 Å². The Labute approximate surface area is 139 Å². The van der Waals surface area contributed by atoms with Gasteiger partial charge in [0, 0.05) is 23.7 Å². The molecule has 0 saturated heterocycles. The van der Waals surface area contributed by atoms with E-state index in [0.717, 1.165) is 11.1 Å². The van der Waals surface area contributed by atoms with E-state index in [1.54, 1.807) is 0 Å². The highest BCUT2D eigenvalue weighted by molar-refractivity contribution is 6.66. The minimum absolute atomic E-state index is 0.263. The van der Waals surface area contributed by atoms with Gasteiger partial charge in [0.2, 0.25) is 10.5 Å². The second kappa shape index (κ2) is 6.23. The monoisotopic (exact) mass is 332 g/mol. The summed E-state index contributed by atoms with van der Waals surface area (Å²) in [6.07, 6.45) is 0. The molecule has 0 heterocycles. The SMILES string of the molecule is O=C(Cl)[C@H]1[C@H](c2ccccc2)[C@H](C(=O)Cl)[C@H]1c1ccccc1. The lowest BCUT2D eigenvalue weighted by molar-refractivity contribution is -0.129. The van der Waals surface area contributed by atoms with Gasteiger partial charge >= 0.3 is 0 Å². The molecule has 0 bridgehead atoms. The van der Waals surface area contributed by atoms with Crippen molar-refractivity contribution in [1.82, 2.24) is 0 Å². The number of halogens is 2. The number of benzene rings is 2. The summed E-state index contributed by atoms with van der Waals surface area (Å²) in [5.41, 5.74) is 1.85. The highest BCUT2D eigenvalue weighted by Gasteiger charge is 2.57. The van der Waals surface area contributed by atoms with Gasteiger partial charge in [-0.15, -0.1) is 0 Å². The predicted octanol–water partition coefficient (Wildman–Crippen LogP) is 4.33. The van der Waals surface area contributed by atoms with Gasteiger partial charge < -0.3 is 0 Å². The predicted molar refractivity (Wildman–Crippen MR) is 87.1 cm³/mol. The molecule has 2 aromatic carbocycles. The lowest BCUT2D eigenvalue weighted by atomic mass is 9.53. The molecule has 0 spiro atoms. The van der Waals surface area contributed by atoms with Crippen LogP contribution in [-0.2, 0) is 9.59 Å². The Hall–Kier alpha value is -1.64. The summed E-state index contributed by atoms with van der Waals surface area (Å²) in [4.78, 5) is 23.9. The van der Waals surface area contributed by atoms with Crippen LogP contribution in [0, 0.1) is 11.8 Å². The van der Waals surface area contributed by atoms with Crippen LogP contribution in [0.4, 0.5) is 0 Å². The van der Waals surface area contributed by atoms with Crippen molar-refractivity contribution in [3.05, 3.63) is 71.8 Å². The third-order valence-corrected chi connectivity index (χ3v) is 4.94. The molecule has 0 atom stereocenters. The van der Waals surface area contributed by atoms with E-state index in [0.29, 0.717) is 0 Å². The number of hydrogen-bond acceptors (Lipinski definition) is 2. The van der Waals surface area contributed by atoms with Gasteiger partial charge in [-0.05, 0) is 34.3 Å². The molecule has 2 aromatic rings. The van der Waals surface area contributed by atoms with Crippen molar-refractivity contribution < 1.29 is 9.59 Å². The van der Waals surface area contributed by atoms with Crippen molar-refractivity contribution in [2.45, 2.75) is 11.8 Å². The Morgan fingerprint density at radius 2 is 0.955 bits per heavy atom. The van der Waals surface area contributed by atoms with Crippen LogP contribution in [0.1, 0.15) is 23.0 Å². The van der Waals surface area contributed by atoms with Crippen molar-refractivity contribution in [3.63, 3.8) is 0 Å². The van der Waals surface area contributed by atoms with E-state index in [-0.39, 0.29) is 11.8 Å². The van der Waals surface area contributed by atoms with Crippen LogP contribution >= 0.6 is 23.2 Å². The summed E-state index contributed by atoms with van der Waals surface area (Å²) in [5.74, 6) is -1.39. The Bertz CT molecular complexity index is 615. The summed E-state index contributed by atoms with van der Waals surface area (Å²) < 4.78 is 0. The highest BCUT2D eigenvalue weighted by Crippen LogP contribution is 2.58. The van der Waals surface area contributed by atoms with E-state index in [4.69, 9.17) is 23.2 Å². The van der Waals surface area contributed by atoms with Crippen LogP contribution in [0.3, 0.4) is 0 Å². The molecule has 0 aliphatic heterocycles. The maximum absolute atomic E-state index is 12.0. The molecule has 1 aliphatic carbocycles. The summed E-state index contributed by atoms with van der Waals surface area (Å²) >= 11 is 11.7. The van der Waals surface area contributed by atoms with E-state index >= 15 is 0 Å². The topological polar surface area (TPSA) is 34.1 Å². The molecule has 1 fully saturated rings. The second-order valence-electron chi connectivity index (χ2n) is 5.53. The first kappa shape index (κ1) is 15.3. The van der Waals surface area contributed by atoms with E-state index < -0.39 is 22.3 Å². The van der Waals surface area contributed by atoms with E-state index in [1.807, 2.05) is 60.7 Å². The Balaban J connectivity index is 2.04. The molecule has 0 N–H and O–H groups in total. The van der Waals surface area contributed by atoms with Gasteiger partial charge in [-0.2, -0.15) is 0 Å². The summed E-state index contributed by atoms with van der Waals surface area (Å²) in [6.45, 7) is 0. The smallest absolute Gasteiger partial charge is 0.225 e. The average molecular weight is 333 g/mol. The fourth-order valence-corrected chi connectivity index (χ4v) is 4.04. The first-order valence-electron chi connectivity index (χ1n) is 7.10. The number of carbonyl (C=O) groups excluding carboxylic acids is 2. The van der Waals surface area contributed by atoms with E-state index in [9.17, 15) is 9.59 Å². The first-order valence-corrected chi connectivity index (χ1v) is 7.85. The largest absolute Gasteiger partial charge is 0.281 e.